The molecule has 0 saturated carbocycles. The minimum atomic E-state index is -0.950. The smallest absolute Gasteiger partial charge is 0.337 e. The molecule has 0 aliphatic carbocycles. The Morgan fingerprint density at radius 1 is 1.39 bits per heavy atom. The van der Waals surface area contributed by atoms with Crippen molar-refractivity contribution >= 4 is 12.0 Å². The number of hydrogen-bond donors (Lipinski definition) is 1. The van der Waals surface area contributed by atoms with Crippen LogP contribution in [0.2, 0.25) is 0 Å². The van der Waals surface area contributed by atoms with E-state index in [1.807, 2.05) is 30.3 Å². The van der Waals surface area contributed by atoms with Gasteiger partial charge in [-0.2, -0.15) is 0 Å². The van der Waals surface area contributed by atoms with Crippen molar-refractivity contribution in [2.75, 3.05) is 6.61 Å². The Morgan fingerprint density at radius 2 is 2.06 bits per heavy atom. The highest BCUT2D eigenvalue weighted by molar-refractivity contribution is 5.95. The second-order valence-electron chi connectivity index (χ2n) is 3.70. The molecule has 0 aliphatic rings. The zero-order valence-electron chi connectivity index (χ0n) is 10.7. The van der Waals surface area contributed by atoms with Gasteiger partial charge in [-0.3, -0.25) is 0 Å². The van der Waals surface area contributed by atoms with Gasteiger partial charge in [0.1, 0.15) is 6.10 Å². The van der Waals surface area contributed by atoms with E-state index in [1.54, 1.807) is 32.1 Å². The number of rotatable bonds is 5. The average Bonchev–Trinajstić information content (AvgIpc) is 2.37. The molecule has 1 N–H and O–H groups in total. The van der Waals surface area contributed by atoms with Crippen LogP contribution in [0.3, 0.4) is 0 Å². The predicted octanol–water partition coefficient (Wildman–Crippen LogP) is 2.57. The first-order valence-corrected chi connectivity index (χ1v) is 5.93. The van der Waals surface area contributed by atoms with Gasteiger partial charge in [-0.05, 0) is 25.5 Å². The summed E-state index contributed by atoms with van der Waals surface area (Å²) >= 11 is 0. The predicted molar refractivity (Wildman–Crippen MR) is 71.9 cm³/mol. The van der Waals surface area contributed by atoms with E-state index in [2.05, 4.69) is 0 Å². The fraction of sp³-hybridized carbons (Fsp3) is 0.267. The lowest BCUT2D eigenvalue weighted by Gasteiger charge is -2.10. The number of allylic oxidation sites excluding steroid dienone is 1. The zero-order valence-corrected chi connectivity index (χ0v) is 10.7. The van der Waals surface area contributed by atoms with E-state index >= 15 is 0 Å². The lowest BCUT2D eigenvalue weighted by atomic mass is 10.1. The van der Waals surface area contributed by atoms with Crippen molar-refractivity contribution in [3.8, 4) is 0 Å². The topological polar surface area (TPSA) is 46.5 Å². The third-order valence-electron chi connectivity index (χ3n) is 2.33. The molecule has 3 heteroatoms. The van der Waals surface area contributed by atoms with Crippen LogP contribution in [-0.2, 0) is 9.53 Å². The first-order chi connectivity index (χ1) is 8.69. The van der Waals surface area contributed by atoms with Gasteiger partial charge in [-0.1, -0.05) is 42.5 Å². The van der Waals surface area contributed by atoms with Gasteiger partial charge < -0.3 is 9.84 Å². The maximum atomic E-state index is 11.8. The SMILES string of the molecule is C/C=C/C(O)/C(=C/c1ccccc1)C(=O)OCC. The van der Waals surface area contributed by atoms with Crippen LogP contribution in [0.5, 0.6) is 0 Å². The summed E-state index contributed by atoms with van der Waals surface area (Å²) in [5.41, 5.74) is 1.09. The molecule has 0 spiro atoms. The van der Waals surface area contributed by atoms with Crippen molar-refractivity contribution in [1.82, 2.24) is 0 Å². The molecule has 1 aromatic carbocycles. The number of ether oxygens (including phenoxy) is 1. The highest BCUT2D eigenvalue weighted by Crippen LogP contribution is 2.13. The van der Waals surface area contributed by atoms with Crippen LogP contribution in [0.25, 0.3) is 6.08 Å². The highest BCUT2D eigenvalue weighted by Gasteiger charge is 2.17. The number of aliphatic hydroxyl groups excluding tert-OH is 1. The van der Waals surface area contributed by atoms with Crippen LogP contribution in [0.1, 0.15) is 19.4 Å². The fourth-order valence-corrected chi connectivity index (χ4v) is 1.49. The van der Waals surface area contributed by atoms with Crippen molar-refractivity contribution in [3.63, 3.8) is 0 Å². The van der Waals surface area contributed by atoms with E-state index in [1.165, 1.54) is 0 Å². The van der Waals surface area contributed by atoms with E-state index in [4.69, 9.17) is 4.74 Å². The van der Waals surface area contributed by atoms with Gasteiger partial charge in [0.2, 0.25) is 0 Å². The number of hydrogen-bond acceptors (Lipinski definition) is 3. The molecule has 0 aliphatic heterocycles. The molecule has 0 radical (unpaired) electrons. The van der Waals surface area contributed by atoms with Crippen LogP contribution in [0.15, 0.2) is 48.1 Å². The number of carbonyl (C=O) groups is 1. The molecule has 96 valence electrons. The third kappa shape index (κ3) is 4.18. The first kappa shape index (κ1) is 14.2. The maximum Gasteiger partial charge on any atom is 0.337 e. The Labute approximate surface area is 107 Å². The molecule has 1 aromatic rings. The van der Waals surface area contributed by atoms with Crippen LogP contribution in [-0.4, -0.2) is 23.8 Å². The molecule has 0 aromatic heterocycles. The van der Waals surface area contributed by atoms with E-state index in [-0.39, 0.29) is 12.2 Å². The van der Waals surface area contributed by atoms with Gasteiger partial charge in [-0.25, -0.2) is 4.79 Å². The van der Waals surface area contributed by atoms with Crippen molar-refractivity contribution in [3.05, 3.63) is 53.6 Å². The molecule has 0 saturated heterocycles. The van der Waals surface area contributed by atoms with Gasteiger partial charge >= 0.3 is 5.97 Å². The number of esters is 1. The monoisotopic (exact) mass is 246 g/mol. The summed E-state index contributed by atoms with van der Waals surface area (Å²) in [6.45, 7) is 3.81. The van der Waals surface area contributed by atoms with Crippen LogP contribution in [0, 0.1) is 0 Å². The summed E-state index contributed by atoms with van der Waals surface area (Å²) in [4.78, 5) is 11.8. The molecule has 1 rings (SSSR count). The van der Waals surface area contributed by atoms with E-state index in [9.17, 15) is 9.90 Å². The fourth-order valence-electron chi connectivity index (χ4n) is 1.49. The third-order valence-corrected chi connectivity index (χ3v) is 2.33. The number of aliphatic hydroxyl groups is 1. The molecule has 1 atom stereocenters. The summed E-state index contributed by atoms with van der Waals surface area (Å²) in [5, 5.41) is 9.91. The summed E-state index contributed by atoms with van der Waals surface area (Å²) < 4.78 is 4.94. The van der Waals surface area contributed by atoms with Gasteiger partial charge in [0.15, 0.2) is 0 Å². The van der Waals surface area contributed by atoms with Gasteiger partial charge in [-0.15, -0.1) is 0 Å². The molecular formula is C15H18O3. The molecule has 3 nitrogen and oxygen atoms in total. The molecule has 0 bridgehead atoms. The Balaban J connectivity index is 3.04. The van der Waals surface area contributed by atoms with Crippen LogP contribution >= 0.6 is 0 Å². The van der Waals surface area contributed by atoms with Crippen molar-refractivity contribution < 1.29 is 14.6 Å². The zero-order chi connectivity index (χ0) is 13.4. The number of benzene rings is 1. The minimum Gasteiger partial charge on any atom is -0.463 e. The Bertz CT molecular complexity index is 432. The van der Waals surface area contributed by atoms with Gasteiger partial charge in [0, 0.05) is 0 Å². The summed E-state index contributed by atoms with van der Waals surface area (Å²) in [7, 11) is 0. The van der Waals surface area contributed by atoms with E-state index < -0.39 is 12.1 Å². The van der Waals surface area contributed by atoms with Crippen LogP contribution < -0.4 is 0 Å². The van der Waals surface area contributed by atoms with Gasteiger partial charge in [0.25, 0.3) is 0 Å². The summed E-state index contributed by atoms with van der Waals surface area (Å²) in [6.07, 6.45) is 3.94. The highest BCUT2D eigenvalue weighted by atomic mass is 16.5. The van der Waals surface area contributed by atoms with Crippen molar-refractivity contribution in [1.29, 1.82) is 0 Å². The molecule has 0 fully saturated rings. The molecular weight excluding hydrogens is 228 g/mol. The molecule has 0 heterocycles. The lowest BCUT2D eigenvalue weighted by molar-refractivity contribution is -0.139. The first-order valence-electron chi connectivity index (χ1n) is 5.93. The Hall–Kier alpha value is -1.87. The second-order valence-corrected chi connectivity index (χ2v) is 3.70. The number of carbonyl (C=O) groups excluding carboxylic acids is 1. The molecule has 0 amide bonds. The standard InChI is InChI=1S/C15H18O3/c1-3-8-14(16)13(15(17)18-4-2)11-12-9-6-5-7-10-12/h3,5-11,14,16H,4H2,1-2H3/b8-3+,13-11-. The molecule has 1 unspecified atom stereocenters. The van der Waals surface area contributed by atoms with Crippen molar-refractivity contribution in [2.45, 2.75) is 20.0 Å². The quantitative estimate of drug-likeness (QED) is 0.493. The summed E-state index contributed by atoms with van der Waals surface area (Å²) in [5.74, 6) is -0.494. The summed E-state index contributed by atoms with van der Waals surface area (Å²) in [6, 6.07) is 9.36. The Kier molecular flexibility index (Phi) is 5.88. The van der Waals surface area contributed by atoms with Crippen molar-refractivity contribution in [2.24, 2.45) is 0 Å². The maximum absolute atomic E-state index is 11.8. The van der Waals surface area contributed by atoms with Gasteiger partial charge in [0.05, 0.1) is 12.2 Å². The van der Waals surface area contributed by atoms with E-state index in [0.29, 0.717) is 0 Å². The molecule has 18 heavy (non-hydrogen) atoms. The second kappa shape index (κ2) is 7.45. The lowest BCUT2D eigenvalue weighted by Crippen LogP contribution is -2.18. The average molecular weight is 246 g/mol. The minimum absolute atomic E-state index is 0.237. The largest absolute Gasteiger partial charge is 0.463 e. The van der Waals surface area contributed by atoms with E-state index in [0.717, 1.165) is 5.56 Å². The van der Waals surface area contributed by atoms with Crippen LogP contribution in [0.4, 0.5) is 0 Å². The Morgan fingerprint density at radius 3 is 2.61 bits per heavy atom. The normalized spacial score (nSPS) is 13.6.